The lowest BCUT2D eigenvalue weighted by atomic mass is 10.1. The summed E-state index contributed by atoms with van der Waals surface area (Å²) in [5.41, 5.74) is 2.65. The van der Waals surface area contributed by atoms with E-state index in [1.165, 1.54) is 0 Å². The van der Waals surface area contributed by atoms with Crippen molar-refractivity contribution in [1.82, 2.24) is 5.43 Å². The Hall–Kier alpha value is -2.04. The van der Waals surface area contributed by atoms with Crippen molar-refractivity contribution in [3.8, 4) is 11.5 Å². The third-order valence-electron chi connectivity index (χ3n) is 1.99. The summed E-state index contributed by atoms with van der Waals surface area (Å²) in [6.45, 7) is 4.13. The van der Waals surface area contributed by atoms with Gasteiger partial charge in [0.1, 0.15) is 13.2 Å². The largest absolute Gasteiger partial charge is 0.486 e. The fourth-order valence-electron chi connectivity index (χ4n) is 1.38. The van der Waals surface area contributed by atoms with Gasteiger partial charge in [-0.2, -0.15) is 5.10 Å². The van der Waals surface area contributed by atoms with Crippen LogP contribution in [0.4, 0.5) is 0 Å². The predicted molar refractivity (Wildman–Crippen MR) is 54.4 cm³/mol. The van der Waals surface area contributed by atoms with Gasteiger partial charge in [0.05, 0.1) is 5.56 Å². The van der Waals surface area contributed by atoms with Crippen molar-refractivity contribution < 1.29 is 14.3 Å². The average molecular weight is 206 g/mol. The number of carbonyl (C=O) groups is 1. The first-order chi connectivity index (χ1) is 7.33. The zero-order chi connectivity index (χ0) is 10.7. The van der Waals surface area contributed by atoms with Crippen LogP contribution in [0.5, 0.6) is 11.5 Å². The molecule has 0 radical (unpaired) electrons. The number of hydrazone groups is 1. The van der Waals surface area contributed by atoms with Gasteiger partial charge in [-0.15, -0.1) is 0 Å². The van der Waals surface area contributed by atoms with Gasteiger partial charge in [-0.1, -0.05) is 6.07 Å². The van der Waals surface area contributed by atoms with E-state index in [0.717, 1.165) is 0 Å². The number of hydrogen-bond acceptors (Lipinski definition) is 4. The SMILES string of the molecule is C=NNC(=O)c1cccc2c1OCCO2. The Morgan fingerprint density at radius 3 is 3.00 bits per heavy atom. The molecule has 0 aromatic heterocycles. The first kappa shape index (κ1) is 9.51. The van der Waals surface area contributed by atoms with Gasteiger partial charge in [0.15, 0.2) is 11.5 Å². The summed E-state index contributed by atoms with van der Waals surface area (Å²) in [5, 5.41) is 3.31. The number of amides is 1. The molecule has 1 aliphatic rings. The first-order valence-corrected chi connectivity index (χ1v) is 4.47. The number of carbonyl (C=O) groups excluding carboxylic acids is 1. The molecular weight excluding hydrogens is 196 g/mol. The molecule has 0 saturated heterocycles. The quantitative estimate of drug-likeness (QED) is 0.575. The Kier molecular flexibility index (Phi) is 2.53. The number of nitrogens with zero attached hydrogens (tertiary/aromatic N) is 1. The Morgan fingerprint density at radius 1 is 1.40 bits per heavy atom. The van der Waals surface area contributed by atoms with Crippen molar-refractivity contribution in [2.24, 2.45) is 5.10 Å². The summed E-state index contributed by atoms with van der Waals surface area (Å²) in [4.78, 5) is 11.5. The van der Waals surface area contributed by atoms with Gasteiger partial charge in [-0.05, 0) is 12.1 Å². The minimum atomic E-state index is -0.354. The highest BCUT2D eigenvalue weighted by Gasteiger charge is 2.19. The average Bonchev–Trinajstić information content (AvgIpc) is 2.28. The second kappa shape index (κ2) is 4.00. The molecule has 0 fully saturated rings. The number of nitrogens with one attached hydrogen (secondary N) is 1. The molecule has 1 heterocycles. The molecule has 2 rings (SSSR count). The summed E-state index contributed by atoms with van der Waals surface area (Å²) < 4.78 is 10.7. The van der Waals surface area contributed by atoms with E-state index in [1.807, 2.05) is 0 Å². The third kappa shape index (κ3) is 1.76. The van der Waals surface area contributed by atoms with E-state index in [4.69, 9.17) is 9.47 Å². The van der Waals surface area contributed by atoms with Crippen LogP contribution in [0.2, 0.25) is 0 Å². The van der Waals surface area contributed by atoms with Gasteiger partial charge in [0.25, 0.3) is 5.91 Å². The molecule has 0 saturated carbocycles. The monoisotopic (exact) mass is 206 g/mol. The molecule has 1 amide bonds. The van der Waals surface area contributed by atoms with Crippen molar-refractivity contribution in [1.29, 1.82) is 0 Å². The predicted octanol–water partition coefficient (Wildman–Crippen LogP) is 0.803. The molecule has 5 heteroatoms. The van der Waals surface area contributed by atoms with E-state index < -0.39 is 0 Å². The smallest absolute Gasteiger partial charge is 0.275 e. The van der Waals surface area contributed by atoms with Gasteiger partial charge >= 0.3 is 0 Å². The van der Waals surface area contributed by atoms with E-state index >= 15 is 0 Å². The van der Waals surface area contributed by atoms with Crippen molar-refractivity contribution in [2.45, 2.75) is 0 Å². The maximum atomic E-state index is 11.5. The minimum Gasteiger partial charge on any atom is -0.486 e. The third-order valence-corrected chi connectivity index (χ3v) is 1.99. The fraction of sp³-hybridized carbons (Fsp3) is 0.200. The van der Waals surface area contributed by atoms with Crippen molar-refractivity contribution in [3.63, 3.8) is 0 Å². The van der Waals surface area contributed by atoms with Gasteiger partial charge in [-0.3, -0.25) is 4.79 Å². The van der Waals surface area contributed by atoms with Crippen LogP contribution in [0, 0.1) is 0 Å². The summed E-state index contributed by atoms with van der Waals surface area (Å²) in [6, 6.07) is 5.13. The molecule has 1 aliphatic heterocycles. The van der Waals surface area contributed by atoms with Gasteiger partial charge in [-0.25, -0.2) is 5.43 Å². The van der Waals surface area contributed by atoms with Gasteiger partial charge in [0.2, 0.25) is 0 Å². The van der Waals surface area contributed by atoms with Crippen LogP contribution < -0.4 is 14.9 Å². The summed E-state index contributed by atoms with van der Waals surface area (Å²) in [5.74, 6) is 0.690. The van der Waals surface area contributed by atoms with Gasteiger partial charge in [0, 0.05) is 6.72 Å². The first-order valence-electron chi connectivity index (χ1n) is 4.47. The molecule has 5 nitrogen and oxygen atoms in total. The minimum absolute atomic E-state index is 0.354. The van der Waals surface area contributed by atoms with Gasteiger partial charge < -0.3 is 9.47 Å². The molecule has 1 aromatic rings. The normalized spacial score (nSPS) is 13.1. The van der Waals surface area contributed by atoms with E-state index in [2.05, 4.69) is 17.2 Å². The van der Waals surface area contributed by atoms with Crippen LogP contribution in [-0.4, -0.2) is 25.8 Å². The second-order valence-electron chi connectivity index (χ2n) is 2.93. The lowest BCUT2D eigenvalue weighted by Crippen LogP contribution is -2.22. The molecule has 0 aliphatic carbocycles. The molecule has 0 unspecified atom stereocenters. The van der Waals surface area contributed by atoms with Crippen LogP contribution >= 0.6 is 0 Å². The van der Waals surface area contributed by atoms with Crippen LogP contribution in [-0.2, 0) is 0 Å². The number of para-hydroxylation sites is 1. The Labute approximate surface area is 86.7 Å². The van der Waals surface area contributed by atoms with Crippen molar-refractivity contribution in [2.75, 3.05) is 13.2 Å². The molecule has 0 spiro atoms. The van der Waals surface area contributed by atoms with Crippen LogP contribution in [0.25, 0.3) is 0 Å². The molecule has 1 N–H and O–H groups in total. The number of fused-ring (bicyclic) bond motifs is 1. The highest BCUT2D eigenvalue weighted by atomic mass is 16.6. The molecular formula is C10H10N2O3. The molecule has 15 heavy (non-hydrogen) atoms. The summed E-state index contributed by atoms with van der Waals surface area (Å²) in [7, 11) is 0. The summed E-state index contributed by atoms with van der Waals surface area (Å²) >= 11 is 0. The lowest BCUT2D eigenvalue weighted by Gasteiger charge is -2.20. The van der Waals surface area contributed by atoms with Crippen molar-refractivity contribution >= 4 is 12.6 Å². The number of ether oxygens (including phenoxy) is 2. The maximum Gasteiger partial charge on any atom is 0.275 e. The fourth-order valence-corrected chi connectivity index (χ4v) is 1.38. The molecule has 0 bridgehead atoms. The topological polar surface area (TPSA) is 59.9 Å². The van der Waals surface area contributed by atoms with E-state index in [1.54, 1.807) is 18.2 Å². The number of hydrogen-bond donors (Lipinski definition) is 1. The highest BCUT2D eigenvalue weighted by molar-refractivity contribution is 5.97. The maximum absolute atomic E-state index is 11.5. The Morgan fingerprint density at radius 2 is 2.20 bits per heavy atom. The zero-order valence-corrected chi connectivity index (χ0v) is 8.03. The number of benzene rings is 1. The van der Waals surface area contributed by atoms with E-state index in [-0.39, 0.29) is 5.91 Å². The van der Waals surface area contributed by atoms with E-state index in [0.29, 0.717) is 30.3 Å². The second-order valence-corrected chi connectivity index (χ2v) is 2.93. The van der Waals surface area contributed by atoms with Crippen molar-refractivity contribution in [3.05, 3.63) is 23.8 Å². The van der Waals surface area contributed by atoms with Crippen LogP contribution in [0.3, 0.4) is 0 Å². The standard InChI is InChI=1S/C10H10N2O3/c1-11-12-10(13)7-3-2-4-8-9(7)15-6-5-14-8/h2-4H,1,5-6H2,(H,12,13). The molecule has 0 atom stereocenters. The van der Waals surface area contributed by atoms with E-state index in [9.17, 15) is 4.79 Å². The Bertz CT molecular complexity index is 404. The summed E-state index contributed by atoms with van der Waals surface area (Å²) in [6.07, 6.45) is 0. The van der Waals surface area contributed by atoms with Crippen LogP contribution in [0.15, 0.2) is 23.3 Å². The Balaban J connectivity index is 2.38. The lowest BCUT2D eigenvalue weighted by molar-refractivity contribution is 0.0944. The molecule has 1 aromatic carbocycles. The molecule has 78 valence electrons. The zero-order valence-electron chi connectivity index (χ0n) is 8.03. The number of rotatable bonds is 2. The van der Waals surface area contributed by atoms with Crippen LogP contribution in [0.1, 0.15) is 10.4 Å². The highest BCUT2D eigenvalue weighted by Crippen LogP contribution is 2.33.